The van der Waals surface area contributed by atoms with Crippen molar-refractivity contribution in [2.75, 3.05) is 5.32 Å². The van der Waals surface area contributed by atoms with E-state index in [-0.39, 0.29) is 93.9 Å². The summed E-state index contributed by atoms with van der Waals surface area (Å²) in [7, 11) is 0. The van der Waals surface area contributed by atoms with Crippen molar-refractivity contribution in [1.29, 1.82) is 0 Å². The number of hydrogen-bond donors (Lipinski definition) is 3. The maximum absolute atomic E-state index is 16.4. The number of fused-ring (bicyclic) bond motifs is 2. The Morgan fingerprint density at radius 2 is 1.19 bits per heavy atom. The van der Waals surface area contributed by atoms with Crippen LogP contribution >= 0.6 is 22.7 Å². The van der Waals surface area contributed by atoms with Gasteiger partial charge in [0.15, 0.2) is 5.43 Å². The van der Waals surface area contributed by atoms with E-state index in [0.29, 0.717) is 32.7 Å². The van der Waals surface area contributed by atoms with E-state index in [2.05, 4.69) is 5.32 Å². The number of carbonyl (C=O) groups is 5. The molecular weight excluding hydrogens is 1030 g/mol. The van der Waals surface area contributed by atoms with E-state index in [1.165, 1.54) is 131 Å². The Morgan fingerprint density at radius 1 is 0.653 bits per heavy atom. The van der Waals surface area contributed by atoms with Gasteiger partial charge in [0.05, 0.1) is 11.1 Å². The van der Waals surface area contributed by atoms with Gasteiger partial charge in [-0.1, -0.05) is 30.3 Å². The summed E-state index contributed by atoms with van der Waals surface area (Å²) in [5.74, 6) is -21.1. The minimum absolute atomic E-state index is 0.00296. The predicted octanol–water partition coefficient (Wildman–Crippen LogP) is 13.0. The van der Waals surface area contributed by atoms with Crippen molar-refractivity contribution < 1.29 is 69.8 Å². The zero-order chi connectivity index (χ0) is 53.8. The molecule has 4 heterocycles. The lowest BCUT2D eigenvalue weighted by Gasteiger charge is -2.26. The number of imide groups is 1. The number of benzene rings is 5. The van der Waals surface area contributed by atoms with E-state index >= 15 is 26.3 Å². The van der Waals surface area contributed by atoms with Gasteiger partial charge in [-0.3, -0.25) is 19.2 Å². The molecule has 380 valence electrons. The first-order chi connectivity index (χ1) is 35.4. The lowest BCUT2D eigenvalue weighted by atomic mass is 9.89. The number of amides is 3. The Balaban J connectivity index is 0.957. The first-order valence-corrected chi connectivity index (χ1v) is 24.3. The molecule has 4 aromatic carbocycles. The highest BCUT2D eigenvalue weighted by atomic mass is 32.1. The Bertz CT molecular complexity index is 3840. The molecule has 75 heavy (non-hydrogen) atoms. The molecule has 2 aliphatic carbocycles. The van der Waals surface area contributed by atoms with E-state index in [0.717, 1.165) is 22.7 Å². The number of carboxylic acids is 1. The molecule has 0 radical (unpaired) electrons. The number of hydrogen-bond acceptors (Lipinski definition) is 11. The monoisotopic (exact) mass is 1060 g/mol. The average molecular weight is 1060 g/mol. The van der Waals surface area contributed by atoms with Crippen molar-refractivity contribution in [3.63, 3.8) is 0 Å². The summed E-state index contributed by atoms with van der Waals surface area (Å²) in [4.78, 5) is 80.9. The first kappa shape index (κ1) is 50.2. The van der Waals surface area contributed by atoms with Gasteiger partial charge in [0.2, 0.25) is 0 Å². The SMILES string of the molecule is Cc1sc(-c2ccc(NC(=O)c3ccc(-c4c5ccc(=O)cc-5oc5cc(O)ccc45)c(C(=O)O)c3)cc2)c(C)c1C1=C(c2c(C)sc(-c3ccc(C(=O)ON4C(=O)CCC4=O)cc3)c2C)C(F)(F)C(F)(F)C1(F)F. The van der Waals surface area contributed by atoms with E-state index < -0.39 is 69.7 Å². The molecule has 1 saturated heterocycles. The van der Waals surface area contributed by atoms with Gasteiger partial charge in [0.1, 0.15) is 17.1 Å². The number of aryl methyl sites for hydroxylation is 2. The number of anilines is 1. The number of phenolic OH excluding ortho intramolecular Hbond substituents is 1. The largest absolute Gasteiger partial charge is 0.508 e. The molecular formula is C55H36F6N2O10S2. The molecule has 4 aliphatic rings. The average Bonchev–Trinajstić information content (AvgIpc) is 3.99. The van der Waals surface area contributed by atoms with Crippen LogP contribution in [0.15, 0.2) is 112 Å². The number of alkyl halides is 6. The van der Waals surface area contributed by atoms with Crippen molar-refractivity contribution in [3.8, 4) is 49.1 Å². The number of hydroxylamine groups is 2. The van der Waals surface area contributed by atoms with Crippen molar-refractivity contribution in [1.82, 2.24) is 5.06 Å². The zero-order valence-corrected chi connectivity index (χ0v) is 41.1. The van der Waals surface area contributed by atoms with Gasteiger partial charge in [-0.05, 0) is 116 Å². The maximum Gasteiger partial charge on any atom is 0.380 e. The summed E-state index contributed by atoms with van der Waals surface area (Å²) in [5, 5.41) is 24.0. The van der Waals surface area contributed by atoms with Crippen LogP contribution in [0.25, 0.3) is 65.4 Å². The lowest BCUT2D eigenvalue weighted by Crippen LogP contribution is -2.49. The topological polar surface area (TPSA) is 181 Å². The molecule has 1 fully saturated rings. The minimum Gasteiger partial charge on any atom is -0.508 e. The molecule has 12 nitrogen and oxygen atoms in total. The lowest BCUT2D eigenvalue weighted by molar-refractivity contribution is -0.254. The molecule has 10 rings (SSSR count). The smallest absolute Gasteiger partial charge is 0.380 e. The van der Waals surface area contributed by atoms with Gasteiger partial charge < -0.3 is 24.8 Å². The Morgan fingerprint density at radius 3 is 1.75 bits per heavy atom. The summed E-state index contributed by atoms with van der Waals surface area (Å²) in [6, 6.07) is 23.5. The van der Waals surface area contributed by atoms with E-state index in [4.69, 9.17) is 9.25 Å². The molecule has 0 atom stereocenters. The summed E-state index contributed by atoms with van der Waals surface area (Å²) in [5.41, 5.74) is -2.80. The summed E-state index contributed by atoms with van der Waals surface area (Å²) >= 11 is 1.81. The second kappa shape index (κ2) is 17.9. The van der Waals surface area contributed by atoms with E-state index in [9.17, 15) is 39.0 Å². The van der Waals surface area contributed by atoms with Crippen LogP contribution in [0.5, 0.6) is 5.75 Å². The van der Waals surface area contributed by atoms with Crippen LogP contribution in [0.4, 0.5) is 32.0 Å². The highest BCUT2D eigenvalue weighted by Crippen LogP contribution is 2.67. The van der Waals surface area contributed by atoms with Crippen LogP contribution in [-0.4, -0.2) is 62.7 Å². The molecule has 2 aliphatic heterocycles. The third kappa shape index (κ3) is 8.06. The minimum atomic E-state index is -5.85. The number of phenols is 1. The molecule has 20 heteroatoms. The van der Waals surface area contributed by atoms with Crippen LogP contribution in [-0.2, 0) is 14.4 Å². The molecule has 2 aromatic heterocycles. The number of nitrogens with one attached hydrogen (secondary N) is 1. The van der Waals surface area contributed by atoms with Gasteiger partial charge in [-0.15, -0.1) is 27.7 Å². The highest BCUT2D eigenvalue weighted by Gasteiger charge is 2.80. The first-order valence-electron chi connectivity index (χ1n) is 22.7. The third-order valence-corrected chi connectivity index (χ3v) is 15.8. The number of aromatic hydroxyl groups is 1. The second-order valence-corrected chi connectivity index (χ2v) is 20.3. The summed E-state index contributed by atoms with van der Waals surface area (Å²) < 4.78 is 103. The summed E-state index contributed by atoms with van der Waals surface area (Å²) in [6.45, 7) is 5.43. The van der Waals surface area contributed by atoms with Gasteiger partial charge in [0.25, 0.3) is 17.7 Å². The fourth-order valence-corrected chi connectivity index (χ4v) is 12.0. The van der Waals surface area contributed by atoms with Crippen molar-refractivity contribution >= 4 is 80.1 Å². The highest BCUT2D eigenvalue weighted by molar-refractivity contribution is 7.16. The van der Waals surface area contributed by atoms with Gasteiger partial charge in [0, 0.05) is 94.5 Å². The van der Waals surface area contributed by atoms with Crippen LogP contribution in [0, 0.1) is 27.7 Å². The number of thiophene rings is 2. The molecule has 3 amide bonds. The standard InChI is InChI=1S/C55H36F6N2O10S2/c1-24-43(26(3)74-48(24)28-5-7-30(8-6-28)52(71)73-63-41(66)19-20-42(63)67)46-47(54(58,59)55(60,61)53(46,56)57)44-25(2)49(75-27(44)4)29-9-12-32(13-10-29)62-50(68)31-11-16-35(38(21-31)51(69)70)45-36-17-14-33(64)22-39(36)72-40-23-34(65)15-18-37(40)45/h5-18,21-23,64H,19-20H2,1-4H3,(H,62,68)(H,69,70). The van der Waals surface area contributed by atoms with Crippen LogP contribution in [0.1, 0.15) is 75.9 Å². The van der Waals surface area contributed by atoms with Crippen LogP contribution < -0.4 is 10.7 Å². The van der Waals surface area contributed by atoms with Gasteiger partial charge in [-0.25, -0.2) is 9.59 Å². The number of halogens is 6. The van der Waals surface area contributed by atoms with E-state index in [1.807, 2.05) is 0 Å². The molecule has 0 unspecified atom stereocenters. The normalized spacial score (nSPS) is 15.8. The molecule has 6 aromatic rings. The number of carboxylic acid groups (broad SMARTS) is 1. The van der Waals surface area contributed by atoms with Crippen molar-refractivity contribution in [2.45, 2.75) is 58.3 Å². The Hall–Kier alpha value is -8.36. The van der Waals surface area contributed by atoms with Crippen LogP contribution in [0.2, 0.25) is 0 Å². The molecule has 3 N–H and O–H groups in total. The fraction of sp³-hybridized carbons (Fsp3) is 0.164. The van der Waals surface area contributed by atoms with Crippen LogP contribution in [0.3, 0.4) is 0 Å². The molecule has 0 spiro atoms. The van der Waals surface area contributed by atoms with Gasteiger partial charge in [-0.2, -0.15) is 26.3 Å². The number of carbonyl (C=O) groups excluding carboxylic acids is 4. The maximum atomic E-state index is 16.4. The van der Waals surface area contributed by atoms with E-state index in [1.54, 1.807) is 0 Å². The molecule has 0 bridgehead atoms. The number of aromatic carboxylic acids is 1. The second-order valence-electron chi connectivity index (χ2n) is 17.9. The third-order valence-electron chi connectivity index (χ3n) is 13.2. The van der Waals surface area contributed by atoms with Gasteiger partial charge >= 0.3 is 29.7 Å². The Kier molecular flexibility index (Phi) is 12.0. The van der Waals surface area contributed by atoms with Crippen molar-refractivity contribution in [3.05, 3.63) is 162 Å². The quantitative estimate of drug-likeness (QED) is 0.0677. The van der Waals surface area contributed by atoms with Crippen molar-refractivity contribution in [2.24, 2.45) is 0 Å². The zero-order valence-electron chi connectivity index (χ0n) is 39.4. The summed E-state index contributed by atoms with van der Waals surface area (Å²) in [6.07, 6.45) is -0.254. The number of nitrogens with zero attached hydrogens (tertiary/aromatic N) is 1. The number of allylic oxidation sites excluding steroid dienone is 2. The fourth-order valence-electron chi connectivity index (χ4n) is 9.67. The Labute approximate surface area is 428 Å². The number of rotatable bonds is 10. The predicted molar refractivity (Wildman–Crippen MR) is 268 cm³/mol. The molecule has 0 saturated carbocycles.